The molecule has 1 aliphatic heterocycles. The number of rotatable bonds is 3. The van der Waals surface area contributed by atoms with Crippen molar-refractivity contribution in [3.8, 4) is 0 Å². The van der Waals surface area contributed by atoms with Gasteiger partial charge in [0.1, 0.15) is 5.82 Å². The van der Waals surface area contributed by atoms with Gasteiger partial charge in [0.15, 0.2) is 5.82 Å². The summed E-state index contributed by atoms with van der Waals surface area (Å²) in [5.74, 6) is 0.990. The van der Waals surface area contributed by atoms with Crippen LogP contribution in [0.3, 0.4) is 0 Å². The van der Waals surface area contributed by atoms with E-state index >= 15 is 0 Å². The molecule has 0 saturated carbocycles. The van der Waals surface area contributed by atoms with Crippen molar-refractivity contribution in [2.45, 2.75) is 6.92 Å². The summed E-state index contributed by atoms with van der Waals surface area (Å²) in [6.45, 7) is 5.94. The van der Waals surface area contributed by atoms with E-state index in [1.165, 1.54) is 0 Å². The van der Waals surface area contributed by atoms with E-state index in [-0.39, 0.29) is 5.91 Å². The van der Waals surface area contributed by atoms with E-state index in [1.54, 1.807) is 37.9 Å². The van der Waals surface area contributed by atoms with E-state index in [9.17, 15) is 9.36 Å². The van der Waals surface area contributed by atoms with E-state index in [2.05, 4.69) is 15.3 Å². The van der Waals surface area contributed by atoms with Gasteiger partial charge in [-0.1, -0.05) is 0 Å². The lowest BCUT2D eigenvalue weighted by molar-refractivity contribution is 0.102. The number of pyridine rings is 2. The van der Waals surface area contributed by atoms with Crippen LogP contribution in [-0.2, 0) is 4.57 Å². The molecule has 120 valence electrons. The van der Waals surface area contributed by atoms with Gasteiger partial charge >= 0.3 is 0 Å². The maximum Gasteiger partial charge on any atom is 0.259 e. The second-order valence-corrected chi connectivity index (χ2v) is 9.70. The Bertz CT molecular complexity index is 815. The van der Waals surface area contributed by atoms with E-state index in [1.807, 2.05) is 17.9 Å². The Hall–Kier alpha value is -2.20. The molecule has 2 aromatic heterocycles. The van der Waals surface area contributed by atoms with Crippen LogP contribution in [0.4, 0.5) is 17.3 Å². The Morgan fingerprint density at radius 2 is 1.91 bits per heavy atom. The molecule has 6 nitrogen and oxygen atoms in total. The molecule has 1 N–H and O–H groups in total. The summed E-state index contributed by atoms with van der Waals surface area (Å²) in [7, 11) is -2.20. The highest BCUT2D eigenvalue weighted by molar-refractivity contribution is 7.62. The van der Waals surface area contributed by atoms with Gasteiger partial charge in [-0.3, -0.25) is 4.79 Å². The van der Waals surface area contributed by atoms with Crippen molar-refractivity contribution in [2.75, 3.05) is 36.3 Å². The summed E-state index contributed by atoms with van der Waals surface area (Å²) < 4.78 is 12.1. The number of aromatic nitrogens is 2. The Balaban J connectivity index is 2.16. The van der Waals surface area contributed by atoms with Crippen LogP contribution < -0.4 is 10.2 Å². The minimum absolute atomic E-state index is 0.205. The van der Waals surface area contributed by atoms with Gasteiger partial charge in [-0.2, -0.15) is 0 Å². The lowest BCUT2D eigenvalue weighted by atomic mass is 10.2. The molecule has 3 rings (SSSR count). The predicted octanol–water partition coefficient (Wildman–Crippen LogP) is 3.11. The van der Waals surface area contributed by atoms with Crippen LogP contribution in [0.5, 0.6) is 0 Å². The number of aryl methyl sites for hydroxylation is 1. The highest BCUT2D eigenvalue weighted by atomic mass is 31.2. The van der Waals surface area contributed by atoms with Crippen molar-refractivity contribution in [1.82, 2.24) is 9.97 Å². The van der Waals surface area contributed by atoms with Crippen molar-refractivity contribution in [3.05, 3.63) is 41.7 Å². The highest BCUT2D eigenvalue weighted by Crippen LogP contribution is 2.40. The zero-order valence-corrected chi connectivity index (χ0v) is 14.3. The molecule has 0 atom stereocenters. The molecular formula is C16H19N4O2P. The Labute approximate surface area is 135 Å². The Morgan fingerprint density at radius 3 is 2.65 bits per heavy atom. The molecule has 7 heteroatoms. The van der Waals surface area contributed by atoms with Gasteiger partial charge in [0, 0.05) is 25.1 Å². The van der Waals surface area contributed by atoms with Crippen LogP contribution in [0, 0.1) is 6.92 Å². The molecule has 0 unspecified atom stereocenters. The minimum atomic E-state index is -2.20. The van der Waals surface area contributed by atoms with Crippen molar-refractivity contribution >= 4 is 30.4 Å². The maximum absolute atomic E-state index is 12.5. The molecule has 1 amide bonds. The molecule has 0 bridgehead atoms. The molecule has 0 spiro atoms. The van der Waals surface area contributed by atoms with Crippen LogP contribution >= 0.6 is 7.14 Å². The van der Waals surface area contributed by atoms with Crippen LogP contribution in [0.2, 0.25) is 0 Å². The smallest absolute Gasteiger partial charge is 0.259 e. The van der Waals surface area contributed by atoms with E-state index in [0.29, 0.717) is 35.6 Å². The summed E-state index contributed by atoms with van der Waals surface area (Å²) in [5.41, 5.74) is 2.10. The second-order valence-electron chi connectivity index (χ2n) is 6.10. The average molecular weight is 330 g/mol. The molecule has 0 saturated heterocycles. The number of amides is 1. The summed E-state index contributed by atoms with van der Waals surface area (Å²) >= 11 is 0. The zero-order chi connectivity index (χ0) is 16.6. The molecule has 3 heterocycles. The minimum Gasteiger partial charge on any atom is -0.324 e. The third-order valence-corrected chi connectivity index (χ3v) is 5.06. The first kappa shape index (κ1) is 15.7. The third-order valence-electron chi connectivity index (χ3n) is 3.78. The number of nitrogens with one attached hydrogen (secondary N) is 1. The van der Waals surface area contributed by atoms with Gasteiger partial charge in [0.05, 0.1) is 18.4 Å². The summed E-state index contributed by atoms with van der Waals surface area (Å²) in [5, 5.41) is 2.92. The number of hydrogen-bond acceptors (Lipinski definition) is 5. The molecular weight excluding hydrogens is 311 g/mol. The number of carbonyl (C=O) groups excluding carboxylic acids is 1. The van der Waals surface area contributed by atoms with Crippen LogP contribution in [0.15, 0.2) is 30.6 Å². The Kier molecular flexibility index (Phi) is 3.94. The highest BCUT2D eigenvalue weighted by Gasteiger charge is 2.28. The van der Waals surface area contributed by atoms with Gasteiger partial charge in [0.25, 0.3) is 5.91 Å². The largest absolute Gasteiger partial charge is 0.324 e. The molecule has 1 aliphatic rings. The van der Waals surface area contributed by atoms with Crippen molar-refractivity contribution < 1.29 is 9.36 Å². The summed E-state index contributed by atoms with van der Waals surface area (Å²) in [6, 6.07) is 5.33. The number of nitrogens with zero attached hydrogens (tertiary/aromatic N) is 3. The normalized spacial score (nSPS) is 13.9. The lowest BCUT2D eigenvalue weighted by Gasteiger charge is -2.24. The summed E-state index contributed by atoms with van der Waals surface area (Å²) in [4.78, 5) is 23.2. The molecule has 0 fully saturated rings. The fourth-order valence-electron chi connectivity index (χ4n) is 2.53. The van der Waals surface area contributed by atoms with Crippen molar-refractivity contribution in [3.63, 3.8) is 0 Å². The fraction of sp³-hybridized carbons (Fsp3) is 0.312. The Morgan fingerprint density at radius 1 is 1.17 bits per heavy atom. The average Bonchev–Trinajstić information content (AvgIpc) is 2.61. The monoisotopic (exact) mass is 330 g/mol. The predicted molar refractivity (Wildman–Crippen MR) is 92.5 cm³/mol. The second kappa shape index (κ2) is 5.78. The number of hydrogen-bond donors (Lipinski definition) is 1. The maximum atomic E-state index is 12.5. The van der Waals surface area contributed by atoms with E-state index < -0.39 is 7.14 Å². The first-order valence-corrected chi connectivity index (χ1v) is 10.2. The molecule has 23 heavy (non-hydrogen) atoms. The van der Waals surface area contributed by atoms with Gasteiger partial charge in [-0.05, 0) is 44.0 Å². The summed E-state index contributed by atoms with van der Waals surface area (Å²) in [6.07, 6.45) is 3.88. The van der Waals surface area contributed by atoms with Gasteiger partial charge < -0.3 is 14.8 Å². The zero-order valence-electron chi connectivity index (χ0n) is 13.4. The van der Waals surface area contributed by atoms with Crippen molar-refractivity contribution in [2.24, 2.45) is 0 Å². The van der Waals surface area contributed by atoms with Crippen LogP contribution in [0.25, 0.3) is 0 Å². The van der Waals surface area contributed by atoms with Crippen LogP contribution in [-0.4, -0.2) is 41.9 Å². The SMILES string of the molecule is Cc1ccnc2c1NC(=O)c1cccnc1N2CCP(C)(C)=O. The first-order chi connectivity index (χ1) is 10.9. The third kappa shape index (κ3) is 3.13. The van der Waals surface area contributed by atoms with Gasteiger partial charge in [-0.25, -0.2) is 9.97 Å². The molecule has 2 aromatic rings. The topological polar surface area (TPSA) is 75.2 Å². The first-order valence-electron chi connectivity index (χ1n) is 7.40. The molecule has 0 radical (unpaired) electrons. The van der Waals surface area contributed by atoms with E-state index in [0.717, 1.165) is 5.56 Å². The molecule has 0 aliphatic carbocycles. The quantitative estimate of drug-likeness (QED) is 0.875. The number of fused-ring (bicyclic) bond motifs is 2. The fourth-order valence-corrected chi connectivity index (χ4v) is 3.21. The van der Waals surface area contributed by atoms with Crippen molar-refractivity contribution in [1.29, 1.82) is 0 Å². The standard InChI is InChI=1S/C16H19N4O2P/c1-11-6-8-18-15-13(11)19-16(21)12-5-4-7-17-14(12)20(15)9-10-23(2,3)22/h4-8H,9-10H2,1-3H3,(H,19,21). The number of anilines is 3. The van der Waals surface area contributed by atoms with Gasteiger partial charge in [0.2, 0.25) is 0 Å². The van der Waals surface area contributed by atoms with Crippen LogP contribution in [0.1, 0.15) is 15.9 Å². The van der Waals surface area contributed by atoms with E-state index in [4.69, 9.17) is 0 Å². The lowest BCUT2D eigenvalue weighted by Crippen LogP contribution is -2.24. The van der Waals surface area contributed by atoms with Gasteiger partial charge in [-0.15, -0.1) is 0 Å². The molecule has 0 aromatic carbocycles. The number of carbonyl (C=O) groups is 1.